The molecule has 0 aliphatic carbocycles. The van der Waals surface area contributed by atoms with Crippen molar-refractivity contribution in [2.24, 2.45) is 11.8 Å². The minimum absolute atomic E-state index is 0.114. The molecule has 0 saturated carbocycles. The average Bonchev–Trinajstić information content (AvgIpc) is 2.90. The fourth-order valence-electron chi connectivity index (χ4n) is 5.70. The molecule has 0 bridgehead atoms. The molecular formula is C28H36N4O5S. The number of hydrogen-bond acceptors (Lipinski definition) is 6. The predicted molar refractivity (Wildman–Crippen MR) is 144 cm³/mol. The van der Waals surface area contributed by atoms with Gasteiger partial charge in [0.1, 0.15) is 12.3 Å². The second kappa shape index (κ2) is 11.0. The zero-order valence-corrected chi connectivity index (χ0v) is 22.9. The summed E-state index contributed by atoms with van der Waals surface area (Å²) in [7, 11) is -3.74. The van der Waals surface area contributed by atoms with Gasteiger partial charge in [-0.25, -0.2) is 8.42 Å². The monoisotopic (exact) mass is 540 g/mol. The lowest BCUT2D eigenvalue weighted by molar-refractivity contribution is -0.133. The number of sulfonamides is 1. The van der Waals surface area contributed by atoms with Crippen LogP contribution in [0.4, 0.5) is 5.69 Å². The number of amides is 2. The first-order chi connectivity index (χ1) is 18.2. The highest BCUT2D eigenvalue weighted by Crippen LogP contribution is 2.36. The highest BCUT2D eigenvalue weighted by Gasteiger charge is 2.35. The van der Waals surface area contributed by atoms with Crippen LogP contribution in [0.1, 0.15) is 25.8 Å². The first kappa shape index (κ1) is 26.6. The van der Waals surface area contributed by atoms with Crippen molar-refractivity contribution < 1.29 is 22.7 Å². The van der Waals surface area contributed by atoms with E-state index in [1.54, 1.807) is 11.0 Å². The van der Waals surface area contributed by atoms with Crippen molar-refractivity contribution in [2.45, 2.75) is 31.7 Å². The van der Waals surface area contributed by atoms with Crippen molar-refractivity contribution in [3.05, 3.63) is 54.1 Å². The Hall–Kier alpha value is -2.95. The van der Waals surface area contributed by atoms with E-state index in [2.05, 4.69) is 30.9 Å². The van der Waals surface area contributed by atoms with Gasteiger partial charge in [0.05, 0.1) is 10.6 Å². The number of nitrogens with zero attached hydrogens (tertiary/aromatic N) is 4. The van der Waals surface area contributed by atoms with E-state index in [9.17, 15) is 18.0 Å². The van der Waals surface area contributed by atoms with Gasteiger partial charge in [0, 0.05) is 45.8 Å². The topological polar surface area (TPSA) is 90.5 Å². The van der Waals surface area contributed by atoms with Gasteiger partial charge in [-0.1, -0.05) is 44.2 Å². The van der Waals surface area contributed by atoms with E-state index in [1.807, 2.05) is 18.2 Å². The van der Waals surface area contributed by atoms with Crippen molar-refractivity contribution in [1.82, 2.24) is 14.1 Å². The summed E-state index contributed by atoms with van der Waals surface area (Å²) >= 11 is 0. The minimum Gasteiger partial charge on any atom is -0.482 e. The Balaban J connectivity index is 1.28. The molecule has 2 unspecified atom stereocenters. The highest BCUT2D eigenvalue weighted by atomic mass is 32.2. The van der Waals surface area contributed by atoms with Gasteiger partial charge in [-0.2, -0.15) is 4.31 Å². The van der Waals surface area contributed by atoms with Crippen molar-refractivity contribution >= 4 is 27.5 Å². The zero-order valence-electron chi connectivity index (χ0n) is 22.1. The normalized spacial score (nSPS) is 23.2. The highest BCUT2D eigenvalue weighted by molar-refractivity contribution is 7.89. The summed E-state index contributed by atoms with van der Waals surface area (Å²) in [5.74, 6) is 0.446. The Morgan fingerprint density at radius 2 is 1.66 bits per heavy atom. The Morgan fingerprint density at radius 3 is 2.34 bits per heavy atom. The molecule has 2 fully saturated rings. The number of piperidine rings is 1. The largest absolute Gasteiger partial charge is 0.482 e. The first-order valence-corrected chi connectivity index (χ1v) is 14.8. The molecule has 38 heavy (non-hydrogen) atoms. The number of carbonyl (C=O) groups excluding carboxylic acids is 2. The molecular weight excluding hydrogens is 504 g/mol. The Kier molecular flexibility index (Phi) is 7.74. The van der Waals surface area contributed by atoms with E-state index >= 15 is 0 Å². The molecule has 9 nitrogen and oxygen atoms in total. The number of fused-ring (bicyclic) bond motifs is 1. The number of hydrogen-bond donors (Lipinski definition) is 0. The molecule has 2 aromatic carbocycles. The van der Waals surface area contributed by atoms with Crippen LogP contribution >= 0.6 is 0 Å². The lowest BCUT2D eigenvalue weighted by Crippen LogP contribution is -2.52. The average molecular weight is 541 g/mol. The molecule has 2 saturated heterocycles. The molecule has 204 valence electrons. The maximum Gasteiger partial charge on any atom is 0.265 e. The summed E-state index contributed by atoms with van der Waals surface area (Å²) in [5.41, 5.74) is 1.57. The van der Waals surface area contributed by atoms with Gasteiger partial charge in [0.2, 0.25) is 15.9 Å². The minimum atomic E-state index is -3.74. The quantitative estimate of drug-likeness (QED) is 0.559. The van der Waals surface area contributed by atoms with Crippen LogP contribution in [0.2, 0.25) is 0 Å². The second-order valence-electron chi connectivity index (χ2n) is 10.8. The van der Waals surface area contributed by atoms with Crippen LogP contribution in [0, 0.1) is 11.8 Å². The molecule has 2 amide bonds. The number of benzene rings is 2. The van der Waals surface area contributed by atoms with Crippen molar-refractivity contribution in [2.75, 3.05) is 57.3 Å². The Labute approximate surface area is 225 Å². The first-order valence-electron chi connectivity index (χ1n) is 13.3. The third-order valence-electron chi connectivity index (χ3n) is 7.61. The summed E-state index contributed by atoms with van der Waals surface area (Å²) in [5, 5.41) is 0. The molecule has 3 aliphatic heterocycles. The Morgan fingerprint density at radius 1 is 0.974 bits per heavy atom. The zero-order chi connectivity index (χ0) is 26.9. The van der Waals surface area contributed by atoms with Gasteiger partial charge >= 0.3 is 0 Å². The maximum absolute atomic E-state index is 13.5. The van der Waals surface area contributed by atoms with Gasteiger partial charge in [0.25, 0.3) is 5.91 Å². The van der Waals surface area contributed by atoms with Crippen molar-refractivity contribution in [3.8, 4) is 5.75 Å². The van der Waals surface area contributed by atoms with Crippen LogP contribution in [0.15, 0.2) is 53.4 Å². The summed E-state index contributed by atoms with van der Waals surface area (Å²) in [6, 6.07) is 14.8. The van der Waals surface area contributed by atoms with E-state index < -0.39 is 10.0 Å². The van der Waals surface area contributed by atoms with E-state index in [1.165, 1.54) is 26.9 Å². The van der Waals surface area contributed by atoms with Crippen LogP contribution < -0.4 is 9.64 Å². The molecule has 0 N–H and O–H groups in total. The van der Waals surface area contributed by atoms with Gasteiger partial charge in [-0.05, 0) is 42.0 Å². The van der Waals surface area contributed by atoms with Crippen LogP contribution in [-0.4, -0.2) is 86.8 Å². The molecule has 0 spiro atoms. The lowest BCUT2D eigenvalue weighted by atomic mass is 9.94. The Bertz CT molecular complexity index is 1270. The molecule has 10 heteroatoms. The summed E-state index contributed by atoms with van der Waals surface area (Å²) in [4.78, 5) is 31.7. The molecule has 2 aromatic rings. The molecule has 0 aromatic heterocycles. The number of anilines is 1. The van der Waals surface area contributed by atoms with E-state index in [0.29, 0.717) is 37.6 Å². The maximum atomic E-state index is 13.5. The fraction of sp³-hybridized carbons (Fsp3) is 0.500. The van der Waals surface area contributed by atoms with Crippen LogP contribution in [0.3, 0.4) is 0 Å². The number of rotatable bonds is 6. The van der Waals surface area contributed by atoms with E-state index in [-0.39, 0.29) is 41.7 Å². The summed E-state index contributed by atoms with van der Waals surface area (Å²) in [6.07, 6.45) is 0.995. The third-order valence-corrected chi connectivity index (χ3v) is 9.44. The second-order valence-corrected chi connectivity index (χ2v) is 12.7. The third kappa shape index (κ3) is 5.72. The molecule has 2 atom stereocenters. The van der Waals surface area contributed by atoms with Gasteiger partial charge in [0.15, 0.2) is 6.61 Å². The van der Waals surface area contributed by atoms with Crippen molar-refractivity contribution in [1.29, 1.82) is 0 Å². The lowest BCUT2D eigenvalue weighted by Gasteiger charge is -2.37. The molecule has 3 aliphatic rings. The fourth-order valence-corrected chi connectivity index (χ4v) is 7.40. The van der Waals surface area contributed by atoms with Gasteiger partial charge in [-0.15, -0.1) is 0 Å². The van der Waals surface area contributed by atoms with Crippen LogP contribution in [0.5, 0.6) is 5.75 Å². The number of piperazine rings is 1. The SMILES string of the molecule is CC1CC(C)CN(S(=O)(=O)c2ccc3c(c2)N(CC(=O)N2CCN(Cc4ccccc4)CC2)C(=O)CO3)C1. The van der Waals surface area contributed by atoms with E-state index in [4.69, 9.17) is 4.74 Å². The molecule has 0 radical (unpaired) electrons. The summed E-state index contributed by atoms with van der Waals surface area (Å²) < 4.78 is 34.1. The standard InChI is InChI=1S/C28H36N4O5S/c1-21-14-22(2)17-31(16-21)38(35,36)24-8-9-26-25(15-24)32(28(34)20-37-26)19-27(33)30-12-10-29(11-13-30)18-23-6-4-3-5-7-23/h3-9,15,21-22H,10-14,16-20H2,1-2H3. The molecule has 3 heterocycles. The van der Waals surface area contributed by atoms with Gasteiger partial charge in [-0.3, -0.25) is 19.4 Å². The van der Waals surface area contributed by atoms with Crippen molar-refractivity contribution in [3.63, 3.8) is 0 Å². The van der Waals surface area contributed by atoms with E-state index in [0.717, 1.165) is 26.1 Å². The predicted octanol–water partition coefficient (Wildman–Crippen LogP) is 2.42. The van der Waals surface area contributed by atoms with Crippen LogP contribution in [0.25, 0.3) is 0 Å². The van der Waals surface area contributed by atoms with Gasteiger partial charge < -0.3 is 9.64 Å². The number of ether oxygens (including phenoxy) is 1. The summed E-state index contributed by atoms with van der Waals surface area (Å²) in [6.45, 7) is 8.24. The smallest absolute Gasteiger partial charge is 0.265 e. The van der Waals surface area contributed by atoms with Crippen LogP contribution in [-0.2, 0) is 26.2 Å². The molecule has 5 rings (SSSR count). The number of carbonyl (C=O) groups is 2.